The van der Waals surface area contributed by atoms with E-state index < -0.39 is 0 Å². The highest BCUT2D eigenvalue weighted by Crippen LogP contribution is 2.48. The Morgan fingerprint density at radius 3 is 2.48 bits per heavy atom. The molecule has 0 fully saturated rings. The van der Waals surface area contributed by atoms with E-state index in [1.165, 1.54) is 11.6 Å². The molecule has 0 aromatic heterocycles. The Hall–Kier alpha value is -2.95. The second-order valence-corrected chi connectivity index (χ2v) is 9.23. The number of rotatable bonds is 5. The summed E-state index contributed by atoms with van der Waals surface area (Å²) in [4.78, 5) is 0. The molecule has 0 radical (unpaired) electrons. The predicted octanol–water partition coefficient (Wildman–Crippen LogP) is 7.88. The van der Waals surface area contributed by atoms with Crippen molar-refractivity contribution in [3.63, 3.8) is 0 Å². The van der Waals surface area contributed by atoms with Gasteiger partial charge < -0.3 is 9.47 Å². The molecule has 33 heavy (non-hydrogen) atoms. The first-order valence-electron chi connectivity index (χ1n) is 11.0. The fourth-order valence-corrected chi connectivity index (χ4v) is 4.91. The molecule has 0 spiro atoms. The van der Waals surface area contributed by atoms with Crippen LogP contribution < -0.4 is 4.74 Å². The summed E-state index contributed by atoms with van der Waals surface area (Å²) in [6.07, 6.45) is -0.323. The third-order valence-corrected chi connectivity index (χ3v) is 6.77. The van der Waals surface area contributed by atoms with Gasteiger partial charge in [0, 0.05) is 16.0 Å². The summed E-state index contributed by atoms with van der Waals surface area (Å²) in [5.41, 5.74) is 5.94. The van der Waals surface area contributed by atoms with Crippen LogP contribution in [0.2, 0.25) is 0 Å². The SMILES string of the molecule is Cc1c(F)cccc1C1OCc2ccccc2C1c1ccc(Br)cc1OCc1ccccc1. The second-order valence-electron chi connectivity index (χ2n) is 8.32. The van der Waals surface area contributed by atoms with Crippen molar-refractivity contribution < 1.29 is 13.9 Å². The topological polar surface area (TPSA) is 18.5 Å². The molecule has 0 aliphatic carbocycles. The van der Waals surface area contributed by atoms with Crippen LogP contribution in [-0.2, 0) is 18.0 Å². The van der Waals surface area contributed by atoms with Crippen LogP contribution >= 0.6 is 15.9 Å². The highest BCUT2D eigenvalue weighted by molar-refractivity contribution is 9.10. The summed E-state index contributed by atoms with van der Waals surface area (Å²) in [5, 5.41) is 0. The first-order chi connectivity index (χ1) is 16.1. The van der Waals surface area contributed by atoms with Gasteiger partial charge in [0.25, 0.3) is 0 Å². The number of ether oxygens (including phenoxy) is 2. The summed E-state index contributed by atoms with van der Waals surface area (Å²) in [5.74, 6) is 0.442. The minimum absolute atomic E-state index is 0.130. The van der Waals surface area contributed by atoms with Crippen LogP contribution in [0.15, 0.2) is 95.5 Å². The minimum atomic E-state index is -0.323. The molecule has 0 saturated heterocycles. The van der Waals surface area contributed by atoms with Crippen molar-refractivity contribution in [1.29, 1.82) is 0 Å². The van der Waals surface area contributed by atoms with Crippen molar-refractivity contribution in [2.75, 3.05) is 0 Å². The smallest absolute Gasteiger partial charge is 0.126 e. The summed E-state index contributed by atoms with van der Waals surface area (Å²) in [6.45, 7) is 2.77. The lowest BCUT2D eigenvalue weighted by Crippen LogP contribution is -2.24. The molecular weight excluding hydrogens is 479 g/mol. The van der Waals surface area contributed by atoms with Crippen LogP contribution in [-0.4, -0.2) is 0 Å². The van der Waals surface area contributed by atoms with E-state index in [1.54, 1.807) is 6.07 Å². The van der Waals surface area contributed by atoms with Crippen molar-refractivity contribution in [1.82, 2.24) is 0 Å². The third-order valence-electron chi connectivity index (χ3n) is 6.28. The number of hydrogen-bond donors (Lipinski definition) is 0. The van der Waals surface area contributed by atoms with Gasteiger partial charge in [-0.15, -0.1) is 0 Å². The van der Waals surface area contributed by atoms with E-state index in [1.807, 2.05) is 49.4 Å². The van der Waals surface area contributed by atoms with E-state index in [4.69, 9.17) is 9.47 Å². The van der Waals surface area contributed by atoms with Gasteiger partial charge in [-0.3, -0.25) is 0 Å². The molecule has 0 N–H and O–H groups in total. The third kappa shape index (κ3) is 4.46. The van der Waals surface area contributed by atoms with E-state index in [0.717, 1.165) is 32.5 Å². The van der Waals surface area contributed by atoms with Gasteiger partial charge >= 0.3 is 0 Å². The van der Waals surface area contributed by atoms with Gasteiger partial charge in [0.2, 0.25) is 0 Å². The van der Waals surface area contributed by atoms with Crippen LogP contribution in [0, 0.1) is 12.7 Å². The lowest BCUT2D eigenvalue weighted by molar-refractivity contribution is 0.0137. The van der Waals surface area contributed by atoms with Gasteiger partial charge in [0.15, 0.2) is 0 Å². The zero-order valence-electron chi connectivity index (χ0n) is 18.3. The maximum atomic E-state index is 14.5. The molecule has 1 aliphatic rings. The van der Waals surface area contributed by atoms with Gasteiger partial charge in [0.05, 0.1) is 12.7 Å². The van der Waals surface area contributed by atoms with Gasteiger partial charge in [-0.1, -0.05) is 88.7 Å². The Kier molecular flexibility index (Phi) is 6.30. The summed E-state index contributed by atoms with van der Waals surface area (Å²) in [7, 11) is 0. The zero-order chi connectivity index (χ0) is 22.8. The van der Waals surface area contributed by atoms with E-state index in [9.17, 15) is 4.39 Å². The molecule has 0 amide bonds. The minimum Gasteiger partial charge on any atom is -0.489 e. The molecule has 2 nitrogen and oxygen atoms in total. The maximum Gasteiger partial charge on any atom is 0.126 e. The van der Waals surface area contributed by atoms with Crippen molar-refractivity contribution in [2.24, 2.45) is 0 Å². The standard InChI is InChI=1S/C29H24BrFO2/c1-19-23(12-7-13-26(19)31)29-28(24-11-6-5-10-21(24)18-33-29)25-15-14-22(30)16-27(25)32-17-20-8-3-2-4-9-20/h2-16,28-29H,17-18H2,1H3. The monoisotopic (exact) mass is 502 g/mol. The highest BCUT2D eigenvalue weighted by atomic mass is 79.9. The Labute approximate surface area is 202 Å². The van der Waals surface area contributed by atoms with E-state index in [2.05, 4.69) is 52.3 Å². The molecule has 0 saturated carbocycles. The fraction of sp³-hybridized carbons (Fsp3) is 0.172. The van der Waals surface area contributed by atoms with Gasteiger partial charge in [-0.05, 0) is 52.9 Å². The second kappa shape index (κ2) is 9.50. The van der Waals surface area contributed by atoms with E-state index >= 15 is 0 Å². The Balaban J connectivity index is 1.62. The number of fused-ring (bicyclic) bond motifs is 1. The first kappa shape index (κ1) is 21.9. The zero-order valence-corrected chi connectivity index (χ0v) is 19.9. The quantitative estimate of drug-likeness (QED) is 0.276. The largest absolute Gasteiger partial charge is 0.489 e. The Morgan fingerprint density at radius 1 is 0.879 bits per heavy atom. The number of benzene rings is 4. The molecule has 4 aromatic carbocycles. The lowest BCUT2D eigenvalue weighted by atomic mass is 9.78. The molecule has 1 heterocycles. The van der Waals surface area contributed by atoms with Gasteiger partial charge in [-0.25, -0.2) is 4.39 Å². The van der Waals surface area contributed by atoms with Crippen LogP contribution in [0.25, 0.3) is 0 Å². The van der Waals surface area contributed by atoms with Crippen LogP contribution in [0.4, 0.5) is 4.39 Å². The molecule has 0 bridgehead atoms. The van der Waals surface area contributed by atoms with Crippen molar-refractivity contribution in [3.8, 4) is 5.75 Å². The first-order valence-corrected chi connectivity index (χ1v) is 11.8. The Bertz CT molecular complexity index is 1270. The lowest BCUT2D eigenvalue weighted by Gasteiger charge is -2.36. The number of hydrogen-bond acceptors (Lipinski definition) is 2. The maximum absolute atomic E-state index is 14.5. The van der Waals surface area contributed by atoms with E-state index in [0.29, 0.717) is 18.8 Å². The van der Waals surface area contributed by atoms with Crippen LogP contribution in [0.5, 0.6) is 5.75 Å². The molecule has 2 unspecified atom stereocenters. The summed E-state index contributed by atoms with van der Waals surface area (Å²) < 4.78 is 28.2. The number of halogens is 2. The predicted molar refractivity (Wildman–Crippen MR) is 132 cm³/mol. The summed E-state index contributed by atoms with van der Waals surface area (Å²) >= 11 is 3.60. The van der Waals surface area contributed by atoms with Crippen LogP contribution in [0.3, 0.4) is 0 Å². The molecule has 2 atom stereocenters. The van der Waals surface area contributed by atoms with Crippen molar-refractivity contribution in [3.05, 3.63) is 135 Å². The fourth-order valence-electron chi connectivity index (χ4n) is 4.57. The molecule has 1 aliphatic heterocycles. The van der Waals surface area contributed by atoms with Gasteiger partial charge in [-0.2, -0.15) is 0 Å². The molecule has 4 aromatic rings. The molecule has 166 valence electrons. The highest BCUT2D eigenvalue weighted by Gasteiger charge is 2.35. The normalized spacial score (nSPS) is 17.4. The van der Waals surface area contributed by atoms with E-state index in [-0.39, 0.29) is 17.8 Å². The molecular formula is C29H24BrFO2. The van der Waals surface area contributed by atoms with Crippen molar-refractivity contribution in [2.45, 2.75) is 32.2 Å². The van der Waals surface area contributed by atoms with Gasteiger partial charge in [0.1, 0.15) is 18.2 Å². The average molecular weight is 503 g/mol. The van der Waals surface area contributed by atoms with Crippen LogP contribution in [0.1, 0.15) is 45.4 Å². The Morgan fingerprint density at radius 2 is 1.64 bits per heavy atom. The average Bonchev–Trinajstić information content (AvgIpc) is 2.85. The molecule has 5 rings (SSSR count). The molecule has 4 heteroatoms. The summed E-state index contributed by atoms with van der Waals surface area (Å²) in [6, 6.07) is 29.8. The van der Waals surface area contributed by atoms with Crippen molar-refractivity contribution >= 4 is 15.9 Å².